The van der Waals surface area contributed by atoms with Gasteiger partial charge in [0.15, 0.2) is 5.11 Å². The van der Waals surface area contributed by atoms with Gasteiger partial charge >= 0.3 is 0 Å². The number of hydrogen-bond acceptors (Lipinski definition) is 4. The Morgan fingerprint density at radius 1 is 1.07 bits per heavy atom. The van der Waals surface area contributed by atoms with Crippen molar-refractivity contribution in [2.45, 2.75) is 13.0 Å². The molecule has 2 heterocycles. The van der Waals surface area contributed by atoms with Crippen LogP contribution in [-0.4, -0.2) is 58.5 Å². The molecule has 1 aliphatic rings. The van der Waals surface area contributed by atoms with Crippen molar-refractivity contribution in [2.24, 2.45) is 0 Å². The summed E-state index contributed by atoms with van der Waals surface area (Å²) in [5.41, 5.74) is 2.00. The van der Waals surface area contributed by atoms with E-state index < -0.39 is 0 Å². The largest absolute Gasteiger partial charge is 0.351 e. The topological polar surface area (TPSA) is 60.5 Å². The van der Waals surface area contributed by atoms with Gasteiger partial charge in [-0.15, -0.1) is 0 Å². The first kappa shape index (κ1) is 19.3. The molecule has 27 heavy (non-hydrogen) atoms. The number of carbonyl (C=O) groups is 1. The summed E-state index contributed by atoms with van der Waals surface area (Å²) in [4.78, 5) is 20.7. The Bertz CT molecular complexity index is 741. The number of thiocarbonyl (C=S) groups is 1. The molecule has 0 spiro atoms. The summed E-state index contributed by atoms with van der Waals surface area (Å²) in [5, 5.41) is 6.93. The summed E-state index contributed by atoms with van der Waals surface area (Å²) in [7, 11) is 0. The van der Waals surface area contributed by atoms with Crippen LogP contribution >= 0.6 is 12.2 Å². The molecule has 0 radical (unpaired) electrons. The fourth-order valence-corrected chi connectivity index (χ4v) is 3.33. The van der Waals surface area contributed by atoms with E-state index in [-0.39, 0.29) is 5.91 Å². The summed E-state index contributed by atoms with van der Waals surface area (Å²) in [6.07, 6.45) is 4.47. The Kier molecular flexibility index (Phi) is 7.12. The molecule has 1 fully saturated rings. The maximum atomic E-state index is 12.2. The van der Waals surface area contributed by atoms with E-state index in [1.807, 2.05) is 42.5 Å². The van der Waals surface area contributed by atoms with Gasteiger partial charge in [-0.2, -0.15) is 0 Å². The first-order chi connectivity index (χ1) is 13.2. The lowest BCUT2D eigenvalue weighted by Gasteiger charge is -2.24. The maximum absolute atomic E-state index is 12.2. The molecule has 0 aliphatic carbocycles. The van der Waals surface area contributed by atoms with Gasteiger partial charge in [0.1, 0.15) is 0 Å². The summed E-state index contributed by atoms with van der Waals surface area (Å²) in [5.74, 6) is 0.0587. The van der Waals surface area contributed by atoms with E-state index in [4.69, 9.17) is 12.2 Å². The predicted molar refractivity (Wildman–Crippen MR) is 111 cm³/mol. The molecule has 0 atom stereocenters. The lowest BCUT2D eigenvalue weighted by molar-refractivity contribution is -0.122. The average molecular weight is 384 g/mol. The van der Waals surface area contributed by atoms with Crippen molar-refractivity contribution in [3.8, 4) is 0 Å². The molecule has 1 saturated heterocycles. The van der Waals surface area contributed by atoms with E-state index in [2.05, 4.69) is 25.4 Å². The van der Waals surface area contributed by atoms with E-state index in [9.17, 15) is 4.79 Å². The highest BCUT2D eigenvalue weighted by atomic mass is 32.1. The minimum atomic E-state index is 0.0587. The van der Waals surface area contributed by atoms with Crippen LogP contribution in [0.3, 0.4) is 0 Å². The first-order valence-electron chi connectivity index (χ1n) is 9.19. The maximum Gasteiger partial charge on any atom is 0.234 e. The highest BCUT2D eigenvalue weighted by molar-refractivity contribution is 7.80. The van der Waals surface area contributed by atoms with E-state index >= 15 is 0 Å². The number of rotatable bonds is 5. The van der Waals surface area contributed by atoms with Gasteiger partial charge in [0.2, 0.25) is 5.91 Å². The molecule has 1 aromatic carbocycles. The molecule has 1 aliphatic heterocycles. The number of nitrogens with zero attached hydrogens (tertiary/aromatic N) is 3. The molecule has 1 amide bonds. The van der Waals surface area contributed by atoms with Crippen LogP contribution in [0.15, 0.2) is 54.9 Å². The Morgan fingerprint density at radius 2 is 1.93 bits per heavy atom. The summed E-state index contributed by atoms with van der Waals surface area (Å²) >= 11 is 5.53. The second-order valence-electron chi connectivity index (χ2n) is 6.55. The standard InChI is InChI=1S/C20H25N5OS/c26-19(22-14-17-6-2-1-3-7-17)16-24-10-5-11-25(13-12-24)20(27)23-18-8-4-9-21-15-18/h1-4,6-9,15H,5,10-14,16H2,(H,22,26)(H,23,27). The quantitative estimate of drug-likeness (QED) is 0.771. The molecule has 1 aromatic heterocycles. The Hall–Kier alpha value is -2.51. The second kappa shape index (κ2) is 9.99. The Balaban J connectivity index is 1.42. The van der Waals surface area contributed by atoms with Gasteiger partial charge in [-0.25, -0.2) is 0 Å². The molecule has 0 bridgehead atoms. The van der Waals surface area contributed by atoms with Gasteiger partial charge in [0.05, 0.1) is 18.4 Å². The fraction of sp³-hybridized carbons (Fsp3) is 0.350. The number of amides is 1. The third-order valence-corrected chi connectivity index (χ3v) is 4.85. The van der Waals surface area contributed by atoms with Crippen molar-refractivity contribution in [3.63, 3.8) is 0 Å². The van der Waals surface area contributed by atoms with Crippen molar-refractivity contribution in [2.75, 3.05) is 38.0 Å². The molecule has 6 nitrogen and oxygen atoms in total. The Morgan fingerprint density at radius 3 is 2.70 bits per heavy atom. The van der Waals surface area contributed by atoms with Crippen molar-refractivity contribution in [3.05, 3.63) is 60.4 Å². The summed E-state index contributed by atoms with van der Waals surface area (Å²) < 4.78 is 0. The van der Waals surface area contributed by atoms with Gasteiger partial charge in [-0.1, -0.05) is 30.3 Å². The van der Waals surface area contributed by atoms with Crippen molar-refractivity contribution in [1.29, 1.82) is 0 Å². The molecule has 0 unspecified atom stereocenters. The summed E-state index contributed by atoms with van der Waals surface area (Å²) in [6, 6.07) is 13.8. The Labute approximate surface area is 165 Å². The van der Waals surface area contributed by atoms with Crippen LogP contribution in [0.4, 0.5) is 5.69 Å². The number of aromatic nitrogens is 1. The minimum Gasteiger partial charge on any atom is -0.351 e. The van der Waals surface area contributed by atoms with Crippen LogP contribution in [0.1, 0.15) is 12.0 Å². The van der Waals surface area contributed by atoms with Crippen molar-refractivity contribution in [1.82, 2.24) is 20.1 Å². The minimum absolute atomic E-state index is 0.0587. The zero-order valence-corrected chi connectivity index (χ0v) is 16.1. The van der Waals surface area contributed by atoms with Crippen LogP contribution in [-0.2, 0) is 11.3 Å². The molecule has 142 valence electrons. The number of nitrogens with one attached hydrogen (secondary N) is 2. The van der Waals surface area contributed by atoms with E-state index in [1.165, 1.54) is 0 Å². The molecule has 7 heteroatoms. The van der Waals surface area contributed by atoms with Crippen LogP contribution in [0, 0.1) is 0 Å². The average Bonchev–Trinajstić information content (AvgIpc) is 2.94. The second-order valence-corrected chi connectivity index (χ2v) is 6.94. The number of hydrogen-bond donors (Lipinski definition) is 2. The van der Waals surface area contributed by atoms with Crippen molar-refractivity contribution >= 4 is 28.9 Å². The van der Waals surface area contributed by atoms with Crippen LogP contribution in [0.2, 0.25) is 0 Å². The van der Waals surface area contributed by atoms with E-state index in [1.54, 1.807) is 12.4 Å². The molecule has 2 N–H and O–H groups in total. The monoisotopic (exact) mass is 383 g/mol. The third kappa shape index (κ3) is 6.30. The van der Waals surface area contributed by atoms with Gasteiger partial charge in [0, 0.05) is 38.9 Å². The van der Waals surface area contributed by atoms with Gasteiger partial charge in [-0.05, 0) is 36.3 Å². The smallest absolute Gasteiger partial charge is 0.234 e. The lowest BCUT2D eigenvalue weighted by atomic mass is 10.2. The van der Waals surface area contributed by atoms with Gasteiger partial charge < -0.3 is 15.5 Å². The van der Waals surface area contributed by atoms with Crippen LogP contribution < -0.4 is 10.6 Å². The number of benzene rings is 1. The zero-order chi connectivity index (χ0) is 18.9. The highest BCUT2D eigenvalue weighted by Crippen LogP contribution is 2.08. The SMILES string of the molecule is O=C(CN1CCCN(C(=S)Nc2cccnc2)CC1)NCc1ccccc1. The van der Waals surface area contributed by atoms with E-state index in [0.29, 0.717) is 18.2 Å². The van der Waals surface area contributed by atoms with Crippen LogP contribution in [0.5, 0.6) is 0 Å². The molecular formula is C20H25N5OS. The van der Waals surface area contributed by atoms with Gasteiger partial charge in [-0.3, -0.25) is 14.7 Å². The molecule has 0 saturated carbocycles. The molecular weight excluding hydrogens is 358 g/mol. The zero-order valence-electron chi connectivity index (χ0n) is 15.3. The number of anilines is 1. The van der Waals surface area contributed by atoms with Crippen molar-refractivity contribution < 1.29 is 4.79 Å². The summed E-state index contributed by atoms with van der Waals surface area (Å²) in [6.45, 7) is 4.38. The number of pyridine rings is 1. The third-order valence-electron chi connectivity index (χ3n) is 4.49. The van der Waals surface area contributed by atoms with E-state index in [0.717, 1.165) is 43.9 Å². The lowest BCUT2D eigenvalue weighted by Crippen LogP contribution is -2.40. The molecule has 3 rings (SSSR count). The molecule has 2 aromatic rings. The van der Waals surface area contributed by atoms with Gasteiger partial charge in [0.25, 0.3) is 0 Å². The first-order valence-corrected chi connectivity index (χ1v) is 9.60. The highest BCUT2D eigenvalue weighted by Gasteiger charge is 2.18. The van der Waals surface area contributed by atoms with Crippen LogP contribution in [0.25, 0.3) is 0 Å². The fourth-order valence-electron chi connectivity index (χ4n) is 3.03. The predicted octanol–water partition coefficient (Wildman–Crippen LogP) is 2.10. The normalized spacial score (nSPS) is 15.0. The number of carbonyl (C=O) groups excluding carboxylic acids is 1.